The lowest BCUT2D eigenvalue weighted by Crippen LogP contribution is -2.53. The van der Waals surface area contributed by atoms with Gasteiger partial charge in [-0.15, -0.1) is 0 Å². The first-order valence-electron chi connectivity index (χ1n) is 10.2. The van der Waals surface area contributed by atoms with Crippen molar-refractivity contribution < 1.29 is 9.90 Å². The van der Waals surface area contributed by atoms with Crippen LogP contribution in [0.1, 0.15) is 64.7 Å². The highest BCUT2D eigenvalue weighted by Crippen LogP contribution is 2.67. The fourth-order valence-electron chi connectivity index (χ4n) is 7.32. The number of rotatable bonds is 1. The Kier molecular flexibility index (Phi) is 3.98. The number of hydrogen-bond donors (Lipinski definition) is 1. The van der Waals surface area contributed by atoms with Crippen LogP contribution in [-0.4, -0.2) is 28.0 Å². The predicted molar refractivity (Wildman–Crippen MR) is 106 cm³/mol. The molecule has 1 N–H and O–H groups in total. The summed E-state index contributed by atoms with van der Waals surface area (Å²) in [6.45, 7) is 2.58. The van der Waals surface area contributed by atoms with Gasteiger partial charge in [0, 0.05) is 27.8 Å². The Labute approximate surface area is 159 Å². The standard InChI is InChI=1S/C21H30O2S2/c1-19-7-6-17-15(16(19)4-5-18(19)23)3-2-14-12-20(10-11-24-25-20)8-9-21(14,17)13-22/h12,15-17,22H,2-11,13H2,1H3/t15-,16-,17-,19-,20?,21+/m0/s1. The second-order valence-electron chi connectivity index (χ2n) is 9.54. The number of ketones is 1. The van der Waals surface area contributed by atoms with Gasteiger partial charge in [-0.05, 0) is 69.1 Å². The van der Waals surface area contributed by atoms with Gasteiger partial charge in [-0.3, -0.25) is 4.79 Å². The van der Waals surface area contributed by atoms with Gasteiger partial charge in [-0.2, -0.15) is 0 Å². The molecule has 25 heavy (non-hydrogen) atoms. The molecule has 1 spiro atoms. The highest BCUT2D eigenvalue weighted by atomic mass is 33.1. The van der Waals surface area contributed by atoms with E-state index in [-0.39, 0.29) is 10.8 Å². The Balaban J connectivity index is 1.51. The normalized spacial score (nSPS) is 51.8. The summed E-state index contributed by atoms with van der Waals surface area (Å²) in [5.41, 5.74) is 1.58. The molecule has 0 amide bonds. The van der Waals surface area contributed by atoms with Crippen molar-refractivity contribution >= 4 is 27.4 Å². The maximum atomic E-state index is 12.5. The van der Waals surface area contributed by atoms with Crippen molar-refractivity contribution in [2.75, 3.05) is 12.4 Å². The molecule has 4 aliphatic carbocycles. The molecule has 0 radical (unpaired) electrons. The molecule has 5 aliphatic rings. The van der Waals surface area contributed by atoms with E-state index in [1.54, 1.807) is 5.57 Å². The van der Waals surface area contributed by atoms with E-state index < -0.39 is 0 Å². The lowest BCUT2D eigenvalue weighted by molar-refractivity contribution is -0.133. The molecule has 0 aromatic rings. The number of carbonyl (C=O) groups excluding carboxylic acids is 1. The van der Waals surface area contributed by atoms with Crippen molar-refractivity contribution in [3.63, 3.8) is 0 Å². The summed E-state index contributed by atoms with van der Waals surface area (Å²) in [7, 11) is 4.12. The van der Waals surface area contributed by atoms with Crippen molar-refractivity contribution in [2.45, 2.75) is 69.5 Å². The van der Waals surface area contributed by atoms with E-state index in [4.69, 9.17) is 0 Å². The average Bonchev–Trinajstić information content (AvgIpc) is 3.19. The van der Waals surface area contributed by atoms with E-state index in [0.717, 1.165) is 32.1 Å². The van der Waals surface area contributed by atoms with Gasteiger partial charge in [0.05, 0.1) is 6.61 Å². The SMILES string of the molecule is C[C@]12CC[C@H]3[C@@H](CCC4=CC5(CCSS5)CC[C@@]43CO)[C@@H]1CCC2=O. The van der Waals surface area contributed by atoms with Gasteiger partial charge in [0.25, 0.3) is 0 Å². The maximum Gasteiger partial charge on any atom is 0.139 e. The molecule has 1 saturated heterocycles. The monoisotopic (exact) mass is 378 g/mol. The summed E-state index contributed by atoms with van der Waals surface area (Å²) in [6.07, 6.45) is 12.8. The van der Waals surface area contributed by atoms with Crippen LogP contribution in [0.2, 0.25) is 0 Å². The molecular weight excluding hydrogens is 348 g/mol. The molecule has 1 unspecified atom stereocenters. The number of hydrogen-bond acceptors (Lipinski definition) is 4. The topological polar surface area (TPSA) is 37.3 Å². The van der Waals surface area contributed by atoms with Gasteiger partial charge in [0.2, 0.25) is 0 Å². The molecule has 6 atom stereocenters. The van der Waals surface area contributed by atoms with E-state index in [1.807, 2.05) is 10.8 Å². The van der Waals surface area contributed by atoms with Gasteiger partial charge in [0.15, 0.2) is 0 Å². The predicted octanol–water partition coefficient (Wildman–Crippen LogP) is 5.01. The number of carbonyl (C=O) groups is 1. The summed E-state index contributed by atoms with van der Waals surface area (Å²) in [5, 5.41) is 10.6. The highest BCUT2D eigenvalue weighted by molar-refractivity contribution is 8.77. The summed E-state index contributed by atoms with van der Waals surface area (Å²) in [5.74, 6) is 3.65. The third-order valence-electron chi connectivity index (χ3n) is 8.79. The van der Waals surface area contributed by atoms with Gasteiger partial charge < -0.3 is 5.11 Å². The number of Topliss-reactive ketones (excluding diaryl/α,β-unsaturated/α-hetero) is 1. The third kappa shape index (κ3) is 2.26. The van der Waals surface area contributed by atoms with Gasteiger partial charge >= 0.3 is 0 Å². The Bertz CT molecular complexity index is 623. The van der Waals surface area contributed by atoms with Crippen LogP contribution in [0.15, 0.2) is 11.6 Å². The van der Waals surface area contributed by atoms with Crippen LogP contribution < -0.4 is 0 Å². The van der Waals surface area contributed by atoms with Crippen molar-refractivity contribution in [3.05, 3.63) is 11.6 Å². The minimum atomic E-state index is -0.0487. The van der Waals surface area contributed by atoms with E-state index >= 15 is 0 Å². The zero-order chi connectivity index (χ0) is 17.3. The average molecular weight is 379 g/mol. The van der Waals surface area contributed by atoms with Crippen LogP contribution in [0, 0.1) is 28.6 Å². The third-order valence-corrected chi connectivity index (χ3v) is 12.0. The fraction of sp³-hybridized carbons (Fsp3) is 0.857. The van der Waals surface area contributed by atoms with Crippen LogP contribution in [0.25, 0.3) is 0 Å². The minimum Gasteiger partial charge on any atom is -0.395 e. The summed E-state index contributed by atoms with van der Waals surface area (Å²) >= 11 is 0. The first kappa shape index (κ1) is 17.2. The van der Waals surface area contributed by atoms with E-state index in [9.17, 15) is 9.90 Å². The molecule has 0 aromatic heterocycles. The van der Waals surface area contributed by atoms with Crippen LogP contribution in [0.3, 0.4) is 0 Å². The number of aliphatic hydroxyl groups excluding tert-OH is 1. The first-order valence-corrected chi connectivity index (χ1v) is 12.5. The van der Waals surface area contributed by atoms with Crippen LogP contribution in [0.4, 0.5) is 0 Å². The van der Waals surface area contributed by atoms with E-state index in [0.29, 0.717) is 34.9 Å². The molecule has 2 nitrogen and oxygen atoms in total. The maximum absolute atomic E-state index is 12.5. The Hall–Kier alpha value is 0.0700. The Morgan fingerprint density at radius 3 is 2.76 bits per heavy atom. The molecule has 1 aliphatic heterocycles. The molecule has 1 heterocycles. The zero-order valence-electron chi connectivity index (χ0n) is 15.3. The second-order valence-corrected chi connectivity index (χ2v) is 12.4. The van der Waals surface area contributed by atoms with Crippen molar-refractivity contribution in [2.24, 2.45) is 28.6 Å². The molecule has 4 heteroatoms. The molecule has 3 saturated carbocycles. The highest BCUT2D eigenvalue weighted by Gasteiger charge is 2.60. The van der Waals surface area contributed by atoms with E-state index in [1.165, 1.54) is 31.4 Å². The second kappa shape index (κ2) is 5.78. The summed E-state index contributed by atoms with van der Waals surface area (Å²) in [6, 6.07) is 0. The van der Waals surface area contributed by atoms with Gasteiger partial charge in [-0.25, -0.2) is 0 Å². The largest absolute Gasteiger partial charge is 0.395 e. The van der Waals surface area contributed by atoms with Crippen molar-refractivity contribution in [3.8, 4) is 0 Å². The molecule has 138 valence electrons. The molecular formula is C21H30O2S2. The van der Waals surface area contributed by atoms with E-state index in [2.05, 4.69) is 23.8 Å². The van der Waals surface area contributed by atoms with Crippen molar-refractivity contribution in [1.82, 2.24) is 0 Å². The first-order chi connectivity index (χ1) is 12.0. The molecule has 0 bridgehead atoms. The van der Waals surface area contributed by atoms with Crippen LogP contribution in [-0.2, 0) is 4.79 Å². The van der Waals surface area contributed by atoms with Gasteiger partial charge in [0.1, 0.15) is 5.78 Å². The quantitative estimate of drug-likeness (QED) is 0.514. The number of aliphatic hydroxyl groups is 1. The zero-order valence-corrected chi connectivity index (χ0v) is 16.9. The van der Waals surface area contributed by atoms with Crippen molar-refractivity contribution in [1.29, 1.82) is 0 Å². The molecule has 0 aromatic carbocycles. The summed E-state index contributed by atoms with van der Waals surface area (Å²) < 4.78 is 0.359. The number of fused-ring (bicyclic) bond motifs is 5. The fourth-order valence-corrected chi connectivity index (χ4v) is 10.6. The Morgan fingerprint density at radius 1 is 1.12 bits per heavy atom. The van der Waals surface area contributed by atoms with Crippen LogP contribution in [0.5, 0.6) is 0 Å². The lowest BCUT2D eigenvalue weighted by atomic mass is 9.46. The smallest absolute Gasteiger partial charge is 0.139 e. The molecule has 5 rings (SSSR count). The van der Waals surface area contributed by atoms with Crippen LogP contribution >= 0.6 is 21.6 Å². The summed E-state index contributed by atoms with van der Waals surface area (Å²) in [4.78, 5) is 12.5. The van der Waals surface area contributed by atoms with Gasteiger partial charge in [-0.1, -0.05) is 40.2 Å². The minimum absolute atomic E-state index is 0.0367. The molecule has 4 fully saturated rings. The Morgan fingerprint density at radius 2 is 2.00 bits per heavy atom. The lowest BCUT2D eigenvalue weighted by Gasteiger charge is -2.58.